The van der Waals surface area contributed by atoms with Gasteiger partial charge in [0.05, 0.1) is 0 Å². The van der Waals surface area contributed by atoms with E-state index in [1.807, 2.05) is 0 Å². The van der Waals surface area contributed by atoms with E-state index in [4.69, 9.17) is 0 Å². The maximum absolute atomic E-state index is 0. The van der Waals surface area contributed by atoms with Crippen molar-refractivity contribution in [1.29, 1.82) is 0 Å². The zero-order valence-corrected chi connectivity index (χ0v) is 6.15. The van der Waals surface area contributed by atoms with Crippen LogP contribution in [-0.2, 0) is 19.5 Å². The van der Waals surface area contributed by atoms with Gasteiger partial charge in [-0.15, -0.1) is 37.2 Å². The predicted octanol–water partition coefficient (Wildman–Crippen LogP) is 0.438. The maximum Gasteiger partial charge on any atom is 0 e. The minimum Gasteiger partial charge on any atom is -0.412 e. The molecule has 0 aromatic carbocycles. The Morgan fingerprint density at radius 2 is 0.600 bits per heavy atom. The van der Waals surface area contributed by atoms with Gasteiger partial charge in [0.2, 0.25) is 0 Å². The number of hydrogen-bond donors (Lipinski definition) is 0. The van der Waals surface area contributed by atoms with E-state index in [1.165, 1.54) is 0 Å². The van der Waals surface area contributed by atoms with E-state index in [-0.39, 0.29) is 62.2 Å². The van der Waals surface area contributed by atoms with E-state index >= 15 is 0 Å². The topological polar surface area (TPSA) is 31.5 Å². The monoisotopic (exact) mass is 229 g/mol. The van der Waals surface area contributed by atoms with Gasteiger partial charge in [0.25, 0.3) is 0 Å². The smallest absolute Gasteiger partial charge is 0 e. The molecule has 41 valence electrons. The summed E-state index contributed by atoms with van der Waals surface area (Å²) < 4.78 is 0. The molecule has 0 aliphatic rings. The first-order valence-corrected chi connectivity index (χ1v) is 0. The fourth-order valence-electron chi connectivity index (χ4n) is 0. The maximum atomic E-state index is 0. The molecule has 5 heavy (non-hydrogen) atoms. The zero-order chi connectivity index (χ0) is 0. The summed E-state index contributed by atoms with van der Waals surface area (Å²) in [6, 6.07) is 0. The summed E-state index contributed by atoms with van der Waals surface area (Å²) in [5.74, 6) is 0. The van der Waals surface area contributed by atoms with Gasteiger partial charge in [-0.2, -0.15) is 0 Å². The third-order valence-corrected chi connectivity index (χ3v) is 0. The normalized spacial score (nSPS) is 0. The Morgan fingerprint density at radius 3 is 0.600 bits per heavy atom. The molecule has 0 heterocycles. The first-order chi connectivity index (χ1) is 0. The molecule has 0 unspecified atom stereocenters. The van der Waals surface area contributed by atoms with E-state index in [1.54, 1.807) is 0 Å². The van der Waals surface area contributed by atoms with Crippen LogP contribution in [0.1, 0.15) is 0 Å². The third kappa shape index (κ3) is 30.8. The molecule has 0 amide bonds. The van der Waals surface area contributed by atoms with Gasteiger partial charge in [0, 0.05) is 19.5 Å². The van der Waals surface area contributed by atoms with Crippen LogP contribution in [0.5, 0.6) is 0 Å². The van der Waals surface area contributed by atoms with Gasteiger partial charge in [0.15, 0.2) is 0 Å². The third-order valence-electron chi connectivity index (χ3n) is 0. The molecule has 0 saturated carbocycles. The molecule has 0 aromatic rings. The van der Waals surface area contributed by atoms with Crippen molar-refractivity contribution in [3.63, 3.8) is 0 Å². The molecule has 0 bridgehead atoms. The van der Waals surface area contributed by atoms with Crippen molar-refractivity contribution in [2.45, 2.75) is 0 Å². The molecule has 0 atom stereocenters. The van der Waals surface area contributed by atoms with E-state index < -0.39 is 0 Å². The van der Waals surface area contributed by atoms with Crippen LogP contribution in [0.4, 0.5) is 0 Å². The quantitative estimate of drug-likeness (QED) is 0.541. The van der Waals surface area contributed by atoms with E-state index in [2.05, 4.69) is 0 Å². The molecule has 0 aliphatic heterocycles. The largest absolute Gasteiger partial charge is 0.412 e. The van der Waals surface area contributed by atoms with Crippen LogP contribution < -0.4 is 0 Å². The van der Waals surface area contributed by atoms with Crippen LogP contribution in [0.2, 0.25) is 0 Å². The van der Waals surface area contributed by atoms with Crippen LogP contribution in [0.15, 0.2) is 0 Å². The van der Waals surface area contributed by atoms with Gasteiger partial charge in [-0.3, -0.25) is 0 Å². The number of rotatable bonds is 0. The van der Waals surface area contributed by atoms with E-state index in [0.717, 1.165) is 0 Å². The van der Waals surface area contributed by atoms with Crippen molar-refractivity contribution >= 4 is 37.2 Å². The van der Waals surface area contributed by atoms with Crippen LogP contribution in [0, 0.1) is 0 Å². The van der Waals surface area contributed by atoms with E-state index in [0.29, 0.717) is 0 Å². The minimum absolute atomic E-state index is 0. The molecule has 1 radical (unpaired) electrons. The fraction of sp³-hybridized carbons (Fsp3) is 0. The minimum atomic E-state index is 0. The molecule has 1 nitrogen and oxygen atoms in total. The Labute approximate surface area is 62.2 Å². The standard InChI is InChI=1S/3ClH.H2O.Rh/h3*1H;1H2;. The van der Waals surface area contributed by atoms with Gasteiger partial charge >= 0.3 is 0 Å². The van der Waals surface area contributed by atoms with Crippen molar-refractivity contribution < 1.29 is 25.0 Å². The SMILES string of the molecule is Cl.Cl.Cl.O.[Rh]. The Hall–Kier alpha value is 1.45. The van der Waals surface area contributed by atoms with Gasteiger partial charge in [0.1, 0.15) is 0 Å². The van der Waals surface area contributed by atoms with Crippen molar-refractivity contribution in [1.82, 2.24) is 0 Å². The van der Waals surface area contributed by atoms with Crippen molar-refractivity contribution in [2.24, 2.45) is 0 Å². The molecule has 0 spiro atoms. The first-order valence-electron chi connectivity index (χ1n) is 0. The summed E-state index contributed by atoms with van der Waals surface area (Å²) in [4.78, 5) is 0. The Morgan fingerprint density at radius 1 is 0.600 bits per heavy atom. The van der Waals surface area contributed by atoms with E-state index in [9.17, 15) is 0 Å². The molecule has 0 saturated heterocycles. The van der Waals surface area contributed by atoms with Gasteiger partial charge in [-0.25, -0.2) is 0 Å². The van der Waals surface area contributed by atoms with Crippen molar-refractivity contribution in [3.05, 3.63) is 0 Å². The number of halogens is 3. The predicted molar refractivity (Wildman–Crippen MR) is 25.4 cm³/mol. The zero-order valence-electron chi connectivity index (χ0n) is 2.06. The summed E-state index contributed by atoms with van der Waals surface area (Å²) in [5, 5.41) is 0. The molecule has 0 rings (SSSR count). The van der Waals surface area contributed by atoms with Crippen molar-refractivity contribution in [3.8, 4) is 0 Å². The Kier molecular flexibility index (Phi) is 930. The Balaban J connectivity index is 0. The average Bonchev–Trinajstić information content (AvgIpc) is 0. The molecular weight excluding hydrogens is 225 g/mol. The fourth-order valence-corrected chi connectivity index (χ4v) is 0. The summed E-state index contributed by atoms with van der Waals surface area (Å²) >= 11 is 0. The van der Waals surface area contributed by atoms with Crippen LogP contribution in [0.25, 0.3) is 0 Å². The van der Waals surface area contributed by atoms with Crippen LogP contribution in [0.3, 0.4) is 0 Å². The second kappa shape index (κ2) is 51.2. The van der Waals surface area contributed by atoms with Crippen LogP contribution >= 0.6 is 37.2 Å². The summed E-state index contributed by atoms with van der Waals surface area (Å²) in [6.45, 7) is 0. The van der Waals surface area contributed by atoms with Crippen LogP contribution in [-0.4, -0.2) is 5.48 Å². The van der Waals surface area contributed by atoms with Gasteiger partial charge < -0.3 is 5.48 Å². The molecule has 5 heteroatoms. The summed E-state index contributed by atoms with van der Waals surface area (Å²) in [5.41, 5.74) is 0. The molecule has 0 aliphatic carbocycles. The molecule has 0 aromatic heterocycles. The van der Waals surface area contributed by atoms with Gasteiger partial charge in [-0.1, -0.05) is 0 Å². The summed E-state index contributed by atoms with van der Waals surface area (Å²) in [6.07, 6.45) is 0. The Bertz CT molecular complexity index is 6.85. The second-order valence-electron chi connectivity index (χ2n) is 0. The van der Waals surface area contributed by atoms with Crippen molar-refractivity contribution in [2.75, 3.05) is 0 Å². The second-order valence-corrected chi connectivity index (χ2v) is 0. The average molecular weight is 230 g/mol. The molecule has 0 fully saturated rings. The molecule has 2 N–H and O–H groups in total. The summed E-state index contributed by atoms with van der Waals surface area (Å²) in [7, 11) is 0. The number of hydrogen-bond acceptors (Lipinski definition) is 0. The van der Waals surface area contributed by atoms with Gasteiger partial charge in [-0.05, 0) is 0 Å². The first kappa shape index (κ1) is 90.9. The molecular formula is H5Cl3ORh.